The fraction of sp³-hybridized carbons (Fsp3) is 0.138. The Labute approximate surface area is 233 Å². The molecule has 0 fully saturated rings. The number of hydrogen-bond acceptors (Lipinski definition) is 7. The summed E-state index contributed by atoms with van der Waals surface area (Å²) in [4.78, 5) is 30.9. The second-order valence-electron chi connectivity index (χ2n) is 8.39. The number of para-hydroxylation sites is 1. The summed E-state index contributed by atoms with van der Waals surface area (Å²) in [5.41, 5.74) is 1.95. The minimum Gasteiger partial charge on any atom is -0.493 e. The first kappa shape index (κ1) is 26.3. The van der Waals surface area contributed by atoms with Gasteiger partial charge in [0.1, 0.15) is 23.4 Å². The highest BCUT2D eigenvalue weighted by Gasteiger charge is 2.14. The van der Waals surface area contributed by atoms with Crippen molar-refractivity contribution < 1.29 is 19.0 Å². The fourth-order valence-corrected chi connectivity index (χ4v) is 5.02. The topological polar surface area (TPSA) is 91.7 Å². The highest BCUT2D eigenvalue weighted by Crippen LogP contribution is 2.33. The monoisotopic (exact) mass is 561 g/mol. The van der Waals surface area contributed by atoms with Gasteiger partial charge in [-0.2, -0.15) is 0 Å². The number of carbonyl (C=O) groups is 1. The van der Waals surface area contributed by atoms with Gasteiger partial charge in [-0.25, -0.2) is 4.98 Å². The van der Waals surface area contributed by atoms with Crippen molar-refractivity contribution in [2.75, 3.05) is 26.9 Å². The summed E-state index contributed by atoms with van der Waals surface area (Å²) in [5, 5.41) is 3.40. The van der Waals surface area contributed by atoms with E-state index in [1.165, 1.54) is 29.3 Å². The van der Waals surface area contributed by atoms with Gasteiger partial charge in [-0.15, -0.1) is 11.3 Å². The van der Waals surface area contributed by atoms with Crippen LogP contribution in [0.25, 0.3) is 26.3 Å². The Bertz CT molecular complexity index is 1650. The molecule has 0 bridgehead atoms. The molecule has 8 nitrogen and oxygen atoms in total. The lowest BCUT2D eigenvalue weighted by Gasteiger charge is -2.13. The van der Waals surface area contributed by atoms with E-state index in [1.807, 2.05) is 60.7 Å². The van der Waals surface area contributed by atoms with Crippen molar-refractivity contribution in [2.24, 2.45) is 0 Å². The Balaban J connectivity index is 1.25. The van der Waals surface area contributed by atoms with Crippen LogP contribution >= 0.6 is 22.9 Å². The van der Waals surface area contributed by atoms with E-state index in [0.717, 1.165) is 16.2 Å². The summed E-state index contributed by atoms with van der Waals surface area (Å²) in [6.45, 7) is 0.484. The highest BCUT2D eigenvalue weighted by atomic mass is 35.5. The number of hydrogen-bond donors (Lipinski definition) is 1. The van der Waals surface area contributed by atoms with Gasteiger partial charge in [-0.1, -0.05) is 41.9 Å². The van der Waals surface area contributed by atoms with E-state index in [9.17, 15) is 9.59 Å². The van der Waals surface area contributed by atoms with Crippen molar-refractivity contribution in [2.45, 2.75) is 0 Å². The molecule has 0 saturated heterocycles. The Morgan fingerprint density at radius 1 is 1.00 bits per heavy atom. The zero-order chi connectivity index (χ0) is 27.2. The molecule has 0 aliphatic carbocycles. The molecular formula is C29H24ClN3O5S. The molecule has 0 aliphatic rings. The summed E-state index contributed by atoms with van der Waals surface area (Å²) >= 11 is 7.38. The first-order chi connectivity index (χ1) is 19.0. The van der Waals surface area contributed by atoms with Gasteiger partial charge in [0.2, 0.25) is 0 Å². The fourth-order valence-electron chi connectivity index (χ4n) is 3.85. The van der Waals surface area contributed by atoms with Crippen LogP contribution in [0.2, 0.25) is 5.02 Å². The second kappa shape index (κ2) is 12.0. The summed E-state index contributed by atoms with van der Waals surface area (Å²) in [5.74, 6) is 1.20. The number of carbonyl (C=O) groups excluding carboxylic acids is 1. The quantitative estimate of drug-likeness (QED) is 0.231. The molecule has 5 aromatic rings. The van der Waals surface area contributed by atoms with Crippen LogP contribution in [0.4, 0.5) is 0 Å². The highest BCUT2D eigenvalue weighted by molar-refractivity contribution is 7.22. The SMILES string of the molecule is COc1cc(-n2cnc3cc(-c4ccc(Cl)cc4)sc3c2=O)ccc1OCC(=O)NCCOc1ccccc1. The number of aromatic nitrogens is 2. The van der Waals surface area contributed by atoms with Gasteiger partial charge in [0.15, 0.2) is 18.1 Å². The number of thiophene rings is 1. The Hall–Kier alpha value is -4.34. The maximum atomic E-state index is 13.3. The van der Waals surface area contributed by atoms with Gasteiger partial charge in [-0.05, 0) is 48.0 Å². The van der Waals surface area contributed by atoms with Crippen LogP contribution in [-0.2, 0) is 4.79 Å². The van der Waals surface area contributed by atoms with Crippen LogP contribution in [-0.4, -0.2) is 42.3 Å². The van der Waals surface area contributed by atoms with Crippen LogP contribution in [0.1, 0.15) is 0 Å². The van der Waals surface area contributed by atoms with Gasteiger partial charge in [-0.3, -0.25) is 14.2 Å². The van der Waals surface area contributed by atoms with E-state index in [-0.39, 0.29) is 18.1 Å². The van der Waals surface area contributed by atoms with Crippen molar-refractivity contribution in [1.82, 2.24) is 14.9 Å². The lowest BCUT2D eigenvalue weighted by Crippen LogP contribution is -2.32. The molecule has 39 heavy (non-hydrogen) atoms. The molecule has 0 saturated carbocycles. The van der Waals surface area contributed by atoms with Crippen LogP contribution in [0, 0.1) is 0 Å². The summed E-state index contributed by atoms with van der Waals surface area (Å²) < 4.78 is 18.7. The average Bonchev–Trinajstić information content (AvgIpc) is 3.41. The number of nitrogens with one attached hydrogen (secondary N) is 1. The predicted molar refractivity (Wildman–Crippen MR) is 153 cm³/mol. The van der Waals surface area contributed by atoms with E-state index in [0.29, 0.717) is 45.6 Å². The van der Waals surface area contributed by atoms with E-state index >= 15 is 0 Å². The third-order valence-corrected chi connectivity index (χ3v) is 7.20. The predicted octanol–water partition coefficient (Wildman–Crippen LogP) is 5.35. The van der Waals surface area contributed by atoms with Crippen LogP contribution in [0.3, 0.4) is 0 Å². The molecule has 0 atom stereocenters. The smallest absolute Gasteiger partial charge is 0.275 e. The molecule has 3 aromatic carbocycles. The van der Waals surface area contributed by atoms with Crippen molar-refractivity contribution >= 4 is 39.1 Å². The van der Waals surface area contributed by atoms with E-state index in [2.05, 4.69) is 10.3 Å². The number of rotatable bonds is 10. The van der Waals surface area contributed by atoms with Gasteiger partial charge in [0.05, 0.1) is 24.9 Å². The molecule has 10 heteroatoms. The number of methoxy groups -OCH3 is 1. The molecule has 2 aromatic heterocycles. The standard InChI is InChI=1S/C29H24ClN3O5S/c1-36-25-15-21(11-12-24(25)38-17-27(34)31-13-14-37-22-5-3-2-4-6-22)33-18-32-23-16-26(39-28(23)29(33)35)19-7-9-20(30)10-8-19/h2-12,15-16,18H,13-14,17H2,1H3,(H,31,34). The molecule has 2 heterocycles. The zero-order valence-electron chi connectivity index (χ0n) is 20.9. The third kappa shape index (κ3) is 6.22. The van der Waals surface area contributed by atoms with E-state index in [4.69, 9.17) is 25.8 Å². The van der Waals surface area contributed by atoms with Gasteiger partial charge < -0.3 is 19.5 Å². The van der Waals surface area contributed by atoms with Crippen LogP contribution in [0.15, 0.2) is 90.0 Å². The molecular weight excluding hydrogens is 538 g/mol. The second-order valence-corrected chi connectivity index (χ2v) is 9.88. The number of amides is 1. The average molecular weight is 562 g/mol. The Morgan fingerprint density at radius 3 is 2.56 bits per heavy atom. The molecule has 198 valence electrons. The summed E-state index contributed by atoms with van der Waals surface area (Å²) in [6.07, 6.45) is 1.49. The maximum Gasteiger partial charge on any atom is 0.275 e. The normalized spacial score (nSPS) is 10.8. The molecule has 5 rings (SSSR count). The maximum absolute atomic E-state index is 13.3. The first-order valence-corrected chi connectivity index (χ1v) is 13.2. The van der Waals surface area contributed by atoms with E-state index < -0.39 is 0 Å². The number of fused-ring (bicyclic) bond motifs is 1. The van der Waals surface area contributed by atoms with Crippen LogP contribution < -0.4 is 25.1 Å². The first-order valence-electron chi connectivity index (χ1n) is 12.0. The summed E-state index contributed by atoms with van der Waals surface area (Å²) in [7, 11) is 1.49. The molecule has 0 radical (unpaired) electrons. The number of nitrogens with zero attached hydrogens (tertiary/aromatic N) is 2. The molecule has 1 N–H and O–H groups in total. The largest absolute Gasteiger partial charge is 0.493 e. The van der Waals surface area contributed by atoms with Crippen molar-refractivity contribution in [3.8, 4) is 33.4 Å². The number of benzene rings is 3. The van der Waals surface area contributed by atoms with Crippen molar-refractivity contribution in [3.63, 3.8) is 0 Å². The van der Waals surface area contributed by atoms with Crippen LogP contribution in [0.5, 0.6) is 17.2 Å². The third-order valence-electron chi connectivity index (χ3n) is 5.79. The number of ether oxygens (including phenoxy) is 3. The van der Waals surface area contributed by atoms with E-state index in [1.54, 1.807) is 18.2 Å². The number of halogens is 1. The van der Waals surface area contributed by atoms with Crippen molar-refractivity contribution in [3.05, 3.63) is 101 Å². The Morgan fingerprint density at radius 2 is 1.79 bits per heavy atom. The van der Waals surface area contributed by atoms with Gasteiger partial charge in [0.25, 0.3) is 11.5 Å². The minimum atomic E-state index is -0.294. The minimum absolute atomic E-state index is 0.196. The molecule has 0 spiro atoms. The van der Waals surface area contributed by atoms with Gasteiger partial charge >= 0.3 is 0 Å². The molecule has 0 unspecified atom stereocenters. The van der Waals surface area contributed by atoms with Crippen molar-refractivity contribution in [1.29, 1.82) is 0 Å². The lowest BCUT2D eigenvalue weighted by atomic mass is 10.2. The molecule has 1 amide bonds. The zero-order valence-corrected chi connectivity index (χ0v) is 22.5. The van der Waals surface area contributed by atoms with Gasteiger partial charge in [0, 0.05) is 16.0 Å². The summed E-state index contributed by atoms with van der Waals surface area (Å²) in [6, 6.07) is 23.7. The Kier molecular flexibility index (Phi) is 8.10. The molecule has 0 aliphatic heterocycles. The lowest BCUT2D eigenvalue weighted by molar-refractivity contribution is -0.123.